The second-order valence-electron chi connectivity index (χ2n) is 3.97. The van der Waals surface area contributed by atoms with Gasteiger partial charge in [0.15, 0.2) is 0 Å². The molecule has 0 radical (unpaired) electrons. The van der Waals surface area contributed by atoms with Gasteiger partial charge in [0, 0.05) is 0 Å². The molecule has 4 N–H and O–H groups in total. The van der Waals surface area contributed by atoms with Gasteiger partial charge in [-0.05, 0) is 18.1 Å². The van der Waals surface area contributed by atoms with Gasteiger partial charge in [0.1, 0.15) is 5.82 Å². The summed E-state index contributed by atoms with van der Waals surface area (Å²) in [5.74, 6) is 1.36. The van der Waals surface area contributed by atoms with Gasteiger partial charge in [-0.2, -0.15) is 4.98 Å². The van der Waals surface area contributed by atoms with Gasteiger partial charge >= 0.3 is 0 Å². The predicted molar refractivity (Wildman–Crippen MR) is 64.5 cm³/mol. The molecule has 0 spiro atoms. The van der Waals surface area contributed by atoms with E-state index in [0.29, 0.717) is 23.3 Å². The number of hydrogen-bond acceptors (Lipinski definition) is 5. The predicted octanol–water partition coefficient (Wildman–Crippen LogP) is 1.10. The van der Waals surface area contributed by atoms with Crippen LogP contribution in [0.3, 0.4) is 0 Å². The molecule has 1 aromatic heterocycles. The standard InChI is InChI=1S/C11H19N3O2/c1-7(2)9(6-15)13-10-5-4-8(12)11(14-10)16-3/h4-5,7,9,15H,6,12H2,1-3H3,(H,13,14). The highest BCUT2D eigenvalue weighted by Crippen LogP contribution is 2.21. The number of methoxy groups -OCH3 is 1. The highest BCUT2D eigenvalue weighted by molar-refractivity contribution is 5.53. The second kappa shape index (κ2) is 5.55. The van der Waals surface area contributed by atoms with E-state index in [1.165, 1.54) is 7.11 Å². The van der Waals surface area contributed by atoms with Crippen LogP contribution in [0, 0.1) is 5.92 Å². The van der Waals surface area contributed by atoms with Gasteiger partial charge in [-0.25, -0.2) is 0 Å². The summed E-state index contributed by atoms with van der Waals surface area (Å²) in [4.78, 5) is 4.19. The molecule has 0 aliphatic rings. The van der Waals surface area contributed by atoms with E-state index in [0.717, 1.165) is 0 Å². The van der Waals surface area contributed by atoms with Crippen LogP contribution in [0.2, 0.25) is 0 Å². The molecule has 0 bridgehead atoms. The van der Waals surface area contributed by atoms with Crippen molar-refractivity contribution in [1.82, 2.24) is 4.98 Å². The number of nitrogens with two attached hydrogens (primary N) is 1. The fraction of sp³-hybridized carbons (Fsp3) is 0.545. The summed E-state index contributed by atoms with van der Waals surface area (Å²) < 4.78 is 5.02. The number of nitrogens with zero attached hydrogens (tertiary/aromatic N) is 1. The minimum atomic E-state index is -0.0270. The zero-order chi connectivity index (χ0) is 12.1. The van der Waals surface area contributed by atoms with Crippen LogP contribution in [-0.4, -0.2) is 29.8 Å². The third-order valence-corrected chi connectivity index (χ3v) is 2.42. The number of nitrogens with one attached hydrogen (secondary N) is 1. The molecule has 1 atom stereocenters. The lowest BCUT2D eigenvalue weighted by atomic mass is 10.1. The summed E-state index contributed by atoms with van der Waals surface area (Å²) in [5, 5.41) is 12.3. The summed E-state index contributed by atoms with van der Waals surface area (Å²) in [6.45, 7) is 4.12. The Morgan fingerprint density at radius 3 is 2.69 bits per heavy atom. The summed E-state index contributed by atoms with van der Waals surface area (Å²) in [7, 11) is 1.52. The molecular weight excluding hydrogens is 206 g/mol. The Bertz CT molecular complexity index is 342. The van der Waals surface area contributed by atoms with Gasteiger partial charge in [0.25, 0.3) is 0 Å². The van der Waals surface area contributed by atoms with E-state index in [2.05, 4.69) is 10.3 Å². The first kappa shape index (κ1) is 12.6. The molecule has 1 aromatic rings. The summed E-state index contributed by atoms with van der Waals surface area (Å²) in [5.41, 5.74) is 6.16. The third kappa shape index (κ3) is 3.00. The van der Waals surface area contributed by atoms with Crippen molar-refractivity contribution in [1.29, 1.82) is 0 Å². The molecule has 16 heavy (non-hydrogen) atoms. The van der Waals surface area contributed by atoms with E-state index >= 15 is 0 Å². The van der Waals surface area contributed by atoms with Crippen molar-refractivity contribution in [2.24, 2.45) is 5.92 Å². The molecule has 90 valence electrons. The van der Waals surface area contributed by atoms with Gasteiger partial charge in [0.05, 0.1) is 25.4 Å². The third-order valence-electron chi connectivity index (χ3n) is 2.42. The Morgan fingerprint density at radius 2 is 2.19 bits per heavy atom. The Labute approximate surface area is 95.6 Å². The summed E-state index contributed by atoms with van der Waals surface area (Å²) in [6.07, 6.45) is 0. The van der Waals surface area contributed by atoms with Gasteiger partial charge in [0.2, 0.25) is 5.88 Å². The van der Waals surface area contributed by atoms with Crippen molar-refractivity contribution in [3.8, 4) is 5.88 Å². The highest BCUT2D eigenvalue weighted by atomic mass is 16.5. The molecule has 5 heteroatoms. The van der Waals surface area contributed by atoms with Crippen LogP contribution in [-0.2, 0) is 0 Å². The highest BCUT2D eigenvalue weighted by Gasteiger charge is 2.13. The maximum absolute atomic E-state index is 9.19. The largest absolute Gasteiger partial charge is 0.479 e. The minimum Gasteiger partial charge on any atom is -0.479 e. The summed E-state index contributed by atoms with van der Waals surface area (Å²) in [6, 6.07) is 3.46. The number of rotatable bonds is 5. The van der Waals surface area contributed by atoms with Crippen LogP contribution < -0.4 is 15.8 Å². The van der Waals surface area contributed by atoms with Crippen LogP contribution in [0.1, 0.15) is 13.8 Å². The van der Waals surface area contributed by atoms with Crippen molar-refractivity contribution < 1.29 is 9.84 Å². The van der Waals surface area contributed by atoms with Gasteiger partial charge in [-0.1, -0.05) is 13.8 Å². The normalized spacial score (nSPS) is 12.6. The molecule has 5 nitrogen and oxygen atoms in total. The lowest BCUT2D eigenvalue weighted by molar-refractivity contribution is 0.249. The smallest absolute Gasteiger partial charge is 0.238 e. The first-order chi connectivity index (χ1) is 7.58. The molecule has 0 aliphatic heterocycles. The van der Waals surface area contributed by atoms with E-state index in [1.807, 2.05) is 13.8 Å². The van der Waals surface area contributed by atoms with Crippen molar-refractivity contribution >= 4 is 11.5 Å². The molecule has 1 rings (SSSR count). The van der Waals surface area contributed by atoms with E-state index in [9.17, 15) is 5.11 Å². The Morgan fingerprint density at radius 1 is 1.50 bits per heavy atom. The molecule has 1 heterocycles. The number of nitrogen functional groups attached to an aromatic ring is 1. The van der Waals surface area contributed by atoms with Crippen molar-refractivity contribution in [3.05, 3.63) is 12.1 Å². The zero-order valence-electron chi connectivity index (χ0n) is 9.90. The number of aromatic nitrogens is 1. The van der Waals surface area contributed by atoms with E-state index in [-0.39, 0.29) is 12.6 Å². The van der Waals surface area contributed by atoms with Crippen molar-refractivity contribution in [2.75, 3.05) is 24.8 Å². The van der Waals surface area contributed by atoms with Crippen LogP contribution in [0.25, 0.3) is 0 Å². The van der Waals surface area contributed by atoms with E-state index in [1.54, 1.807) is 12.1 Å². The molecular formula is C11H19N3O2. The SMILES string of the molecule is COc1nc(NC(CO)C(C)C)ccc1N. The van der Waals surface area contributed by atoms with Gasteiger partial charge in [-0.3, -0.25) is 0 Å². The first-order valence-corrected chi connectivity index (χ1v) is 5.26. The first-order valence-electron chi connectivity index (χ1n) is 5.26. The van der Waals surface area contributed by atoms with Gasteiger partial charge < -0.3 is 20.9 Å². The molecule has 0 saturated heterocycles. The molecule has 0 aromatic carbocycles. The summed E-state index contributed by atoms with van der Waals surface area (Å²) >= 11 is 0. The number of aliphatic hydroxyl groups is 1. The van der Waals surface area contributed by atoms with Crippen LogP contribution >= 0.6 is 0 Å². The quantitative estimate of drug-likeness (QED) is 0.699. The molecule has 0 saturated carbocycles. The lowest BCUT2D eigenvalue weighted by Gasteiger charge is -2.20. The Balaban J connectivity index is 2.80. The van der Waals surface area contributed by atoms with Crippen LogP contribution in [0.4, 0.5) is 11.5 Å². The van der Waals surface area contributed by atoms with Crippen molar-refractivity contribution in [3.63, 3.8) is 0 Å². The second-order valence-corrected chi connectivity index (χ2v) is 3.97. The minimum absolute atomic E-state index is 0.0270. The molecule has 0 amide bonds. The molecule has 0 aliphatic carbocycles. The maximum Gasteiger partial charge on any atom is 0.238 e. The lowest BCUT2D eigenvalue weighted by Crippen LogP contribution is -2.29. The molecule has 1 unspecified atom stereocenters. The fourth-order valence-corrected chi connectivity index (χ4v) is 1.31. The number of hydrogen-bond donors (Lipinski definition) is 3. The maximum atomic E-state index is 9.19. The van der Waals surface area contributed by atoms with E-state index < -0.39 is 0 Å². The average Bonchev–Trinajstić information content (AvgIpc) is 2.27. The number of ether oxygens (including phenoxy) is 1. The van der Waals surface area contributed by atoms with Crippen LogP contribution in [0.5, 0.6) is 5.88 Å². The van der Waals surface area contributed by atoms with Crippen molar-refractivity contribution in [2.45, 2.75) is 19.9 Å². The molecule has 0 fully saturated rings. The fourth-order valence-electron chi connectivity index (χ4n) is 1.31. The van der Waals surface area contributed by atoms with E-state index in [4.69, 9.17) is 10.5 Å². The topological polar surface area (TPSA) is 80.4 Å². The Hall–Kier alpha value is -1.49. The average molecular weight is 225 g/mol. The number of aliphatic hydroxyl groups excluding tert-OH is 1. The zero-order valence-corrected chi connectivity index (χ0v) is 9.90. The van der Waals surface area contributed by atoms with Crippen LogP contribution in [0.15, 0.2) is 12.1 Å². The number of anilines is 2. The number of pyridine rings is 1. The monoisotopic (exact) mass is 225 g/mol. The Kier molecular flexibility index (Phi) is 4.37. The van der Waals surface area contributed by atoms with Gasteiger partial charge in [-0.15, -0.1) is 0 Å².